The number of aliphatic hydroxyl groups is 1. The molecule has 0 bridgehead atoms. The van der Waals surface area contributed by atoms with E-state index in [2.05, 4.69) is 4.72 Å². The van der Waals surface area contributed by atoms with Crippen LogP contribution < -0.4 is 9.46 Å². The molecule has 0 unspecified atom stereocenters. The second-order valence-corrected chi connectivity index (χ2v) is 11.0. The predicted molar refractivity (Wildman–Crippen MR) is 126 cm³/mol. The number of aliphatic hydroxyl groups excluding tert-OH is 1. The molecule has 0 spiro atoms. The second-order valence-electron chi connectivity index (χ2n) is 9.36. The summed E-state index contributed by atoms with van der Waals surface area (Å²) < 4.78 is 53.4. The Hall–Kier alpha value is -2.69. The van der Waals surface area contributed by atoms with Crippen LogP contribution in [0.4, 0.5) is 10.1 Å². The van der Waals surface area contributed by atoms with Crippen LogP contribution in [-0.4, -0.2) is 62.3 Å². The van der Waals surface area contributed by atoms with Crippen LogP contribution in [0.1, 0.15) is 43.6 Å². The standard InChI is InChI=1S/C25H29FN2O6S/c26-16-4-7-19(8-5-16)35(31,32)27-17-6-9-22-20(12-17)21-13-18(33-23(15-29)25(21)34-22)14-24(30)28-10-2-1-3-11-28/h4-9,12,18,21,23,25,27,29H,1-3,10-11,13-15H2/t18-,21-,23+,25+/m1/s1. The summed E-state index contributed by atoms with van der Waals surface area (Å²) in [5.41, 5.74) is 1.16. The molecule has 0 aliphatic carbocycles. The number of rotatable bonds is 6. The van der Waals surface area contributed by atoms with E-state index in [-0.39, 0.29) is 35.9 Å². The first kappa shape index (κ1) is 24.0. The highest BCUT2D eigenvalue weighted by atomic mass is 32.2. The number of hydrogen-bond donors (Lipinski definition) is 2. The number of amides is 1. The lowest BCUT2D eigenvalue weighted by atomic mass is 9.84. The van der Waals surface area contributed by atoms with Gasteiger partial charge in [-0.05, 0) is 68.1 Å². The summed E-state index contributed by atoms with van der Waals surface area (Å²) in [4.78, 5) is 14.7. The predicted octanol–water partition coefficient (Wildman–Crippen LogP) is 3.02. The summed E-state index contributed by atoms with van der Waals surface area (Å²) in [5.74, 6) is 0.000791. The lowest BCUT2D eigenvalue weighted by molar-refractivity contribution is -0.149. The molecule has 3 aliphatic heterocycles. The van der Waals surface area contributed by atoms with E-state index in [1.54, 1.807) is 18.2 Å². The molecular formula is C25H29FN2O6S. The first-order chi connectivity index (χ1) is 16.8. The summed E-state index contributed by atoms with van der Waals surface area (Å²) in [6, 6.07) is 9.62. The fourth-order valence-corrected chi connectivity index (χ4v) is 6.30. The lowest BCUT2D eigenvalue weighted by Gasteiger charge is -2.38. The minimum absolute atomic E-state index is 0.0452. The smallest absolute Gasteiger partial charge is 0.261 e. The van der Waals surface area contributed by atoms with Crippen LogP contribution in [0.15, 0.2) is 47.4 Å². The normalized spacial score (nSPS) is 25.9. The maximum absolute atomic E-state index is 13.2. The van der Waals surface area contributed by atoms with Gasteiger partial charge in [0.15, 0.2) is 0 Å². The molecule has 8 nitrogen and oxygen atoms in total. The lowest BCUT2D eigenvalue weighted by Crippen LogP contribution is -2.48. The third kappa shape index (κ3) is 5.00. The number of hydrogen-bond acceptors (Lipinski definition) is 6. The van der Waals surface area contributed by atoms with E-state index in [1.807, 2.05) is 4.90 Å². The second kappa shape index (κ2) is 9.75. The molecule has 3 aliphatic rings. The number of likely N-dealkylation sites (tertiary alicyclic amines) is 1. The molecule has 3 heterocycles. The number of benzene rings is 2. The number of nitrogens with zero attached hydrogens (tertiary/aromatic N) is 1. The van der Waals surface area contributed by atoms with Crippen molar-refractivity contribution in [2.24, 2.45) is 0 Å². The van der Waals surface area contributed by atoms with Crippen molar-refractivity contribution >= 4 is 21.6 Å². The van der Waals surface area contributed by atoms with Crippen molar-refractivity contribution in [1.82, 2.24) is 4.90 Å². The Kier molecular flexibility index (Phi) is 6.69. The first-order valence-electron chi connectivity index (χ1n) is 12.0. The monoisotopic (exact) mass is 504 g/mol. The molecule has 2 fully saturated rings. The zero-order chi connectivity index (χ0) is 24.6. The van der Waals surface area contributed by atoms with Crippen molar-refractivity contribution in [3.05, 3.63) is 53.8 Å². The Bertz CT molecular complexity index is 1180. The van der Waals surface area contributed by atoms with Crippen molar-refractivity contribution in [1.29, 1.82) is 0 Å². The van der Waals surface area contributed by atoms with Gasteiger partial charge in [-0.25, -0.2) is 12.8 Å². The number of halogens is 1. The summed E-state index contributed by atoms with van der Waals surface area (Å²) in [7, 11) is -3.90. The van der Waals surface area contributed by atoms with Gasteiger partial charge in [0.25, 0.3) is 10.0 Å². The van der Waals surface area contributed by atoms with Crippen molar-refractivity contribution in [2.75, 3.05) is 24.4 Å². The molecular weight excluding hydrogens is 475 g/mol. The van der Waals surface area contributed by atoms with Crippen molar-refractivity contribution in [3.8, 4) is 5.75 Å². The fraction of sp³-hybridized carbons (Fsp3) is 0.480. The van der Waals surface area contributed by atoms with E-state index in [9.17, 15) is 22.7 Å². The highest BCUT2D eigenvalue weighted by Crippen LogP contribution is 2.47. The van der Waals surface area contributed by atoms with Crippen LogP contribution in [0.25, 0.3) is 0 Å². The number of sulfonamides is 1. The topological polar surface area (TPSA) is 105 Å². The number of fused-ring (bicyclic) bond motifs is 3. The van der Waals surface area contributed by atoms with Gasteiger partial charge in [0, 0.05) is 30.3 Å². The van der Waals surface area contributed by atoms with E-state index in [0.29, 0.717) is 17.9 Å². The van der Waals surface area contributed by atoms with Gasteiger partial charge < -0.3 is 19.5 Å². The minimum atomic E-state index is -3.90. The van der Waals surface area contributed by atoms with Crippen LogP contribution in [0.5, 0.6) is 5.75 Å². The first-order valence-corrected chi connectivity index (χ1v) is 13.5. The van der Waals surface area contributed by atoms with E-state index in [4.69, 9.17) is 9.47 Å². The molecule has 1 amide bonds. The average Bonchev–Trinajstić information content (AvgIpc) is 3.22. The Morgan fingerprint density at radius 3 is 2.57 bits per heavy atom. The summed E-state index contributed by atoms with van der Waals surface area (Å²) in [6.45, 7) is 1.29. The van der Waals surface area contributed by atoms with Crippen molar-refractivity contribution < 1.29 is 32.2 Å². The number of nitrogens with one attached hydrogen (secondary N) is 1. The van der Waals surface area contributed by atoms with Gasteiger partial charge in [-0.1, -0.05) is 0 Å². The maximum atomic E-state index is 13.2. The van der Waals surface area contributed by atoms with Gasteiger partial charge >= 0.3 is 0 Å². The Morgan fingerprint density at radius 2 is 1.86 bits per heavy atom. The molecule has 2 aromatic rings. The molecule has 2 saturated heterocycles. The zero-order valence-corrected chi connectivity index (χ0v) is 20.0. The quantitative estimate of drug-likeness (QED) is 0.627. The van der Waals surface area contributed by atoms with Gasteiger partial charge in [0.2, 0.25) is 5.91 Å². The van der Waals surface area contributed by atoms with E-state index >= 15 is 0 Å². The summed E-state index contributed by atoms with van der Waals surface area (Å²) in [6.07, 6.45) is 2.57. The van der Waals surface area contributed by atoms with E-state index in [0.717, 1.165) is 50.0 Å². The fourth-order valence-electron chi connectivity index (χ4n) is 5.25. The highest BCUT2D eigenvalue weighted by molar-refractivity contribution is 7.92. The zero-order valence-electron chi connectivity index (χ0n) is 19.2. The van der Waals surface area contributed by atoms with Gasteiger partial charge in [0.05, 0.1) is 24.0 Å². The third-order valence-corrected chi connectivity index (χ3v) is 8.38. The molecule has 188 valence electrons. The van der Waals surface area contributed by atoms with Gasteiger partial charge in [0.1, 0.15) is 23.8 Å². The Balaban J connectivity index is 1.34. The minimum Gasteiger partial charge on any atom is -0.487 e. The molecule has 0 aromatic heterocycles. The number of piperidine rings is 1. The van der Waals surface area contributed by atoms with Crippen LogP contribution in [-0.2, 0) is 19.6 Å². The molecule has 2 N–H and O–H groups in total. The van der Waals surface area contributed by atoms with Gasteiger partial charge in [-0.15, -0.1) is 0 Å². The van der Waals surface area contributed by atoms with Crippen LogP contribution in [0, 0.1) is 5.82 Å². The SMILES string of the molecule is O=C(C[C@H]1C[C@@H]2c3cc(NS(=O)(=O)c4ccc(F)cc4)ccc3O[C@@H]2[C@H](CO)O1)N1CCCCC1. The molecule has 0 radical (unpaired) electrons. The molecule has 2 aromatic carbocycles. The van der Waals surface area contributed by atoms with Crippen molar-refractivity contribution in [3.63, 3.8) is 0 Å². The van der Waals surface area contributed by atoms with Gasteiger partial charge in [-0.3, -0.25) is 9.52 Å². The van der Waals surface area contributed by atoms with Crippen LogP contribution >= 0.6 is 0 Å². The van der Waals surface area contributed by atoms with E-state index < -0.39 is 28.0 Å². The average molecular weight is 505 g/mol. The Labute approximate surface area is 204 Å². The largest absolute Gasteiger partial charge is 0.487 e. The molecule has 35 heavy (non-hydrogen) atoms. The molecule has 5 rings (SSSR count). The summed E-state index contributed by atoms with van der Waals surface area (Å²) in [5, 5.41) is 9.95. The molecule has 10 heteroatoms. The molecule has 4 atom stereocenters. The molecule has 0 saturated carbocycles. The Morgan fingerprint density at radius 1 is 1.11 bits per heavy atom. The number of carbonyl (C=O) groups is 1. The highest BCUT2D eigenvalue weighted by Gasteiger charge is 2.46. The van der Waals surface area contributed by atoms with Crippen LogP contribution in [0.2, 0.25) is 0 Å². The number of ether oxygens (including phenoxy) is 2. The van der Waals surface area contributed by atoms with Crippen LogP contribution in [0.3, 0.4) is 0 Å². The number of carbonyl (C=O) groups excluding carboxylic acids is 1. The van der Waals surface area contributed by atoms with E-state index in [1.165, 1.54) is 12.1 Å². The third-order valence-electron chi connectivity index (χ3n) is 6.99. The maximum Gasteiger partial charge on any atom is 0.261 e. The number of anilines is 1. The van der Waals surface area contributed by atoms with Crippen molar-refractivity contribution in [2.45, 2.75) is 61.2 Å². The van der Waals surface area contributed by atoms with Gasteiger partial charge in [-0.2, -0.15) is 0 Å². The summed E-state index contributed by atoms with van der Waals surface area (Å²) >= 11 is 0.